The van der Waals surface area contributed by atoms with Gasteiger partial charge in [0.1, 0.15) is 29.4 Å². The van der Waals surface area contributed by atoms with E-state index in [1.165, 1.54) is 0 Å². The smallest absolute Gasteiger partial charge is 0.251 e. The zero-order valence-electron chi connectivity index (χ0n) is 20.2. The lowest BCUT2D eigenvalue weighted by molar-refractivity contribution is 0.103. The number of furan rings is 1. The predicted molar refractivity (Wildman–Crippen MR) is 136 cm³/mol. The standard InChI is InChI=1S/C25H26N6O4S/c1-14-4-5-30(11-20(14)32)25-27-16(13-36-25)12-34-21-6-17(33-3)7-22-18(21)8-23(35-22)19-10-31-24(28-19)26-9-15(2)29-31/h6-10,13-14,20,32H,4-5,11-12H2,1-3H3. The molecule has 1 aromatic carbocycles. The summed E-state index contributed by atoms with van der Waals surface area (Å²) in [5.41, 5.74) is 2.89. The molecular weight excluding hydrogens is 480 g/mol. The van der Waals surface area contributed by atoms with Crippen LogP contribution < -0.4 is 14.4 Å². The molecular formula is C25H26N6O4S. The van der Waals surface area contributed by atoms with Crippen molar-refractivity contribution in [1.82, 2.24) is 24.6 Å². The minimum atomic E-state index is -0.328. The van der Waals surface area contributed by atoms with E-state index in [9.17, 15) is 5.11 Å². The highest BCUT2D eigenvalue weighted by Gasteiger charge is 2.26. The molecule has 1 aliphatic heterocycles. The fraction of sp³-hybridized carbons (Fsp3) is 0.360. The Labute approximate surface area is 211 Å². The average Bonchev–Trinajstić information content (AvgIpc) is 3.61. The van der Waals surface area contributed by atoms with E-state index in [-0.39, 0.29) is 6.10 Å². The number of methoxy groups -OCH3 is 1. The van der Waals surface area contributed by atoms with Crippen LogP contribution in [0.3, 0.4) is 0 Å². The number of aliphatic hydroxyl groups is 1. The summed E-state index contributed by atoms with van der Waals surface area (Å²) in [5, 5.41) is 18.4. The fourth-order valence-corrected chi connectivity index (χ4v) is 5.16. The van der Waals surface area contributed by atoms with E-state index in [1.54, 1.807) is 35.4 Å². The molecule has 4 aromatic heterocycles. The highest BCUT2D eigenvalue weighted by Crippen LogP contribution is 2.37. The minimum Gasteiger partial charge on any atom is -0.496 e. The van der Waals surface area contributed by atoms with E-state index in [2.05, 4.69) is 26.9 Å². The van der Waals surface area contributed by atoms with Crippen LogP contribution in [0.1, 0.15) is 24.7 Å². The first kappa shape index (κ1) is 22.7. The van der Waals surface area contributed by atoms with Gasteiger partial charge in [-0.1, -0.05) is 6.92 Å². The van der Waals surface area contributed by atoms with Crippen LogP contribution in [0.4, 0.5) is 5.13 Å². The predicted octanol–water partition coefficient (Wildman–Crippen LogP) is 4.10. The lowest BCUT2D eigenvalue weighted by Crippen LogP contribution is -2.42. The van der Waals surface area contributed by atoms with Crippen molar-refractivity contribution in [2.24, 2.45) is 5.92 Å². The minimum absolute atomic E-state index is 0.299. The Balaban J connectivity index is 1.25. The number of rotatable bonds is 6. The Bertz CT molecular complexity index is 1540. The van der Waals surface area contributed by atoms with Crippen molar-refractivity contribution >= 4 is 33.2 Å². The van der Waals surface area contributed by atoms with E-state index in [0.717, 1.165) is 34.9 Å². The summed E-state index contributed by atoms with van der Waals surface area (Å²) in [5.74, 6) is 2.66. The van der Waals surface area contributed by atoms with Crippen LogP contribution in [0.15, 0.2) is 40.4 Å². The number of piperidine rings is 1. The lowest BCUT2D eigenvalue weighted by atomic mass is 9.96. The number of ether oxygens (including phenoxy) is 2. The number of β-amino-alcohol motifs (C(OH)–C–C–N with tert-alkyl or cyclic N) is 1. The molecule has 0 amide bonds. The van der Waals surface area contributed by atoms with Crippen LogP contribution >= 0.6 is 11.3 Å². The molecule has 2 unspecified atom stereocenters. The zero-order chi connectivity index (χ0) is 24.8. The van der Waals surface area contributed by atoms with Gasteiger partial charge in [0.05, 0.1) is 42.4 Å². The first-order chi connectivity index (χ1) is 17.5. The van der Waals surface area contributed by atoms with Gasteiger partial charge in [-0.05, 0) is 25.3 Å². The van der Waals surface area contributed by atoms with E-state index in [0.29, 0.717) is 53.4 Å². The number of benzene rings is 1. The maximum Gasteiger partial charge on any atom is 0.251 e. The Morgan fingerprint density at radius 1 is 1.25 bits per heavy atom. The summed E-state index contributed by atoms with van der Waals surface area (Å²) in [6, 6.07) is 5.57. The van der Waals surface area contributed by atoms with Crippen LogP contribution in [0.5, 0.6) is 11.5 Å². The Kier molecular flexibility index (Phi) is 5.73. The first-order valence-electron chi connectivity index (χ1n) is 11.8. The topological polar surface area (TPSA) is 111 Å². The van der Waals surface area contributed by atoms with Gasteiger partial charge in [-0.3, -0.25) is 0 Å². The lowest BCUT2D eigenvalue weighted by Gasteiger charge is -2.33. The number of hydrogen-bond acceptors (Lipinski definition) is 10. The van der Waals surface area contributed by atoms with Crippen LogP contribution in [-0.2, 0) is 6.61 Å². The number of hydrogen-bond donors (Lipinski definition) is 1. The summed E-state index contributed by atoms with van der Waals surface area (Å²) in [6.45, 7) is 5.77. The number of aryl methyl sites for hydroxylation is 1. The van der Waals surface area contributed by atoms with Gasteiger partial charge in [-0.15, -0.1) is 11.3 Å². The number of nitrogens with zero attached hydrogens (tertiary/aromatic N) is 6. The molecule has 0 radical (unpaired) electrons. The number of thiazole rings is 1. The molecule has 5 aromatic rings. The third kappa shape index (κ3) is 4.24. The molecule has 11 heteroatoms. The molecule has 10 nitrogen and oxygen atoms in total. The van der Waals surface area contributed by atoms with Crippen molar-refractivity contribution in [3.63, 3.8) is 0 Å². The van der Waals surface area contributed by atoms with Gasteiger partial charge in [0.15, 0.2) is 10.9 Å². The molecule has 5 heterocycles. The van der Waals surface area contributed by atoms with Crippen molar-refractivity contribution in [3.8, 4) is 23.0 Å². The second-order valence-electron chi connectivity index (χ2n) is 9.11. The van der Waals surface area contributed by atoms with Gasteiger partial charge in [0, 0.05) is 30.6 Å². The molecule has 1 aliphatic rings. The normalized spacial score (nSPS) is 18.3. The molecule has 36 heavy (non-hydrogen) atoms. The third-order valence-corrected chi connectivity index (χ3v) is 7.42. The molecule has 1 N–H and O–H groups in total. The average molecular weight is 507 g/mol. The maximum absolute atomic E-state index is 10.2. The van der Waals surface area contributed by atoms with Gasteiger partial charge in [0.2, 0.25) is 0 Å². The molecule has 0 bridgehead atoms. The third-order valence-electron chi connectivity index (χ3n) is 6.47. The summed E-state index contributed by atoms with van der Waals surface area (Å²) in [6.07, 6.45) is 4.10. The molecule has 6 rings (SSSR count). The number of aliphatic hydroxyl groups excluding tert-OH is 1. The van der Waals surface area contributed by atoms with Gasteiger partial charge < -0.3 is 23.9 Å². The van der Waals surface area contributed by atoms with Gasteiger partial charge in [0.25, 0.3) is 5.78 Å². The van der Waals surface area contributed by atoms with Crippen LogP contribution in [0, 0.1) is 12.8 Å². The van der Waals surface area contributed by atoms with Crippen molar-refractivity contribution in [2.45, 2.75) is 33.0 Å². The number of imidazole rings is 1. The molecule has 1 fully saturated rings. The molecule has 0 saturated carbocycles. The highest BCUT2D eigenvalue weighted by molar-refractivity contribution is 7.13. The Morgan fingerprint density at radius 2 is 2.14 bits per heavy atom. The van der Waals surface area contributed by atoms with Crippen molar-refractivity contribution < 1.29 is 19.0 Å². The van der Waals surface area contributed by atoms with Gasteiger partial charge >= 0.3 is 0 Å². The van der Waals surface area contributed by atoms with Crippen LogP contribution in [-0.4, -0.2) is 56.0 Å². The summed E-state index contributed by atoms with van der Waals surface area (Å²) < 4.78 is 19.4. The van der Waals surface area contributed by atoms with Crippen molar-refractivity contribution in [2.75, 3.05) is 25.1 Å². The number of fused-ring (bicyclic) bond motifs is 2. The Hall–Kier alpha value is -3.70. The first-order valence-corrected chi connectivity index (χ1v) is 12.7. The van der Waals surface area contributed by atoms with Crippen molar-refractivity contribution in [1.29, 1.82) is 0 Å². The molecule has 1 saturated heterocycles. The van der Waals surface area contributed by atoms with Crippen LogP contribution in [0.25, 0.3) is 28.2 Å². The summed E-state index contributed by atoms with van der Waals surface area (Å²) in [4.78, 5) is 15.7. The second kappa shape index (κ2) is 9.07. The monoisotopic (exact) mass is 506 g/mol. The SMILES string of the molecule is COc1cc(OCc2csc(N3CCC(C)C(O)C3)n2)c2cc(-c3cn4nc(C)cnc4n3)oc2c1. The molecule has 0 aliphatic carbocycles. The largest absolute Gasteiger partial charge is 0.496 e. The maximum atomic E-state index is 10.2. The molecule has 186 valence electrons. The van der Waals surface area contributed by atoms with Gasteiger partial charge in [-0.25, -0.2) is 19.5 Å². The zero-order valence-corrected chi connectivity index (χ0v) is 21.0. The van der Waals surface area contributed by atoms with E-state index >= 15 is 0 Å². The summed E-state index contributed by atoms with van der Waals surface area (Å²) in [7, 11) is 1.61. The summed E-state index contributed by atoms with van der Waals surface area (Å²) >= 11 is 1.57. The number of aromatic nitrogens is 5. The fourth-order valence-electron chi connectivity index (χ4n) is 4.32. The van der Waals surface area contributed by atoms with E-state index in [4.69, 9.17) is 18.9 Å². The van der Waals surface area contributed by atoms with E-state index in [1.807, 2.05) is 30.5 Å². The highest BCUT2D eigenvalue weighted by atomic mass is 32.1. The van der Waals surface area contributed by atoms with Gasteiger partial charge in [-0.2, -0.15) is 5.10 Å². The Morgan fingerprint density at radius 3 is 2.97 bits per heavy atom. The second-order valence-corrected chi connectivity index (χ2v) is 9.94. The molecule has 2 atom stereocenters. The molecule has 0 spiro atoms. The van der Waals surface area contributed by atoms with E-state index < -0.39 is 0 Å². The quantitative estimate of drug-likeness (QED) is 0.364. The van der Waals surface area contributed by atoms with Crippen molar-refractivity contribution in [3.05, 3.63) is 47.4 Å². The number of anilines is 1. The van der Waals surface area contributed by atoms with Crippen LogP contribution in [0.2, 0.25) is 0 Å².